The van der Waals surface area contributed by atoms with Gasteiger partial charge in [-0.05, 0) is 38.3 Å². The van der Waals surface area contributed by atoms with Crippen molar-refractivity contribution in [3.63, 3.8) is 0 Å². The van der Waals surface area contributed by atoms with E-state index in [4.69, 9.17) is 9.84 Å². The summed E-state index contributed by atoms with van der Waals surface area (Å²) in [6, 6.07) is 4.57. The molecule has 4 aromatic heterocycles. The van der Waals surface area contributed by atoms with Crippen LogP contribution >= 0.6 is 0 Å². The van der Waals surface area contributed by atoms with E-state index in [0.29, 0.717) is 6.04 Å². The van der Waals surface area contributed by atoms with Crippen molar-refractivity contribution in [3.05, 3.63) is 48.2 Å². The maximum absolute atomic E-state index is 5.48. The monoisotopic (exact) mass is 401 g/mol. The minimum atomic E-state index is 0.407. The predicted octanol–water partition coefficient (Wildman–Crippen LogP) is 3.28. The molecule has 1 fully saturated rings. The van der Waals surface area contributed by atoms with Gasteiger partial charge in [0.25, 0.3) is 0 Å². The molecule has 30 heavy (non-hydrogen) atoms. The third-order valence-electron chi connectivity index (χ3n) is 6.15. The Kier molecular flexibility index (Phi) is 4.05. The van der Waals surface area contributed by atoms with Crippen molar-refractivity contribution in [2.45, 2.75) is 32.2 Å². The number of hydrogen-bond donors (Lipinski definition) is 1. The molecule has 0 amide bonds. The highest BCUT2D eigenvalue weighted by Gasteiger charge is 2.21. The van der Waals surface area contributed by atoms with E-state index in [2.05, 4.69) is 43.4 Å². The van der Waals surface area contributed by atoms with Crippen molar-refractivity contribution in [3.8, 4) is 22.4 Å². The summed E-state index contributed by atoms with van der Waals surface area (Å²) in [5, 5.41) is 12.9. The number of nitrogens with zero attached hydrogens (tertiary/aromatic N) is 6. The second-order valence-corrected chi connectivity index (χ2v) is 7.97. The number of aryl methyl sites for hydroxylation is 1. The lowest BCUT2D eigenvalue weighted by molar-refractivity contribution is 0.0662. The van der Waals surface area contributed by atoms with Gasteiger partial charge in [0.1, 0.15) is 5.82 Å². The van der Waals surface area contributed by atoms with Gasteiger partial charge in [-0.2, -0.15) is 10.2 Å². The van der Waals surface area contributed by atoms with Gasteiger partial charge in [-0.1, -0.05) is 0 Å². The van der Waals surface area contributed by atoms with Crippen LogP contribution in [0.25, 0.3) is 28.0 Å². The summed E-state index contributed by atoms with van der Waals surface area (Å²) in [5.41, 5.74) is 7.31. The zero-order valence-electron chi connectivity index (χ0n) is 16.9. The van der Waals surface area contributed by atoms with Crippen LogP contribution in [0.15, 0.2) is 36.9 Å². The number of aromatic nitrogens is 6. The van der Waals surface area contributed by atoms with Crippen molar-refractivity contribution >= 4 is 11.5 Å². The molecule has 8 nitrogen and oxygen atoms in total. The third-order valence-corrected chi connectivity index (χ3v) is 6.15. The van der Waals surface area contributed by atoms with Crippen LogP contribution in [0.5, 0.6) is 0 Å². The number of anilines is 1. The predicted molar refractivity (Wildman–Crippen MR) is 113 cm³/mol. The second kappa shape index (κ2) is 6.91. The van der Waals surface area contributed by atoms with Gasteiger partial charge >= 0.3 is 0 Å². The molecule has 0 saturated carbocycles. The molecule has 2 aliphatic rings. The summed E-state index contributed by atoms with van der Waals surface area (Å²) in [6.07, 6.45) is 10.8. The van der Waals surface area contributed by atoms with Gasteiger partial charge in [0.15, 0.2) is 5.65 Å². The van der Waals surface area contributed by atoms with Crippen LogP contribution in [0, 0.1) is 6.92 Å². The number of rotatable bonds is 3. The topological polar surface area (TPSA) is 82.2 Å². The summed E-state index contributed by atoms with van der Waals surface area (Å²) in [5.74, 6) is 0.969. The van der Waals surface area contributed by atoms with Gasteiger partial charge < -0.3 is 10.1 Å². The lowest BCUT2D eigenvalue weighted by Gasteiger charge is -2.22. The minimum Gasteiger partial charge on any atom is -0.381 e. The van der Waals surface area contributed by atoms with Gasteiger partial charge in [-0.25, -0.2) is 14.5 Å². The minimum absolute atomic E-state index is 0.407. The van der Waals surface area contributed by atoms with E-state index < -0.39 is 0 Å². The lowest BCUT2D eigenvalue weighted by Crippen LogP contribution is -2.19. The fraction of sp³-hybridized carbons (Fsp3) is 0.364. The molecule has 2 aliphatic heterocycles. The fourth-order valence-corrected chi connectivity index (χ4v) is 4.55. The first kappa shape index (κ1) is 17.6. The third kappa shape index (κ3) is 2.79. The molecule has 1 saturated heterocycles. The highest BCUT2D eigenvalue weighted by molar-refractivity contribution is 5.75. The zero-order chi connectivity index (χ0) is 20.1. The Hall–Kier alpha value is -3.26. The average molecular weight is 401 g/mol. The molecule has 0 spiro atoms. The van der Waals surface area contributed by atoms with Gasteiger partial charge in [-0.15, -0.1) is 0 Å². The number of hydrogen-bond acceptors (Lipinski definition) is 6. The summed E-state index contributed by atoms with van der Waals surface area (Å²) in [4.78, 5) is 9.10. The van der Waals surface area contributed by atoms with E-state index in [-0.39, 0.29) is 0 Å². The SMILES string of the molecule is Cc1nn2c(-c3ccnc4c3CCN4)cnc2cc1-c1cnn(C2CCOCC2)c1. The Bertz CT molecular complexity index is 1240. The van der Waals surface area contributed by atoms with Crippen LogP contribution in [-0.4, -0.2) is 49.1 Å². The van der Waals surface area contributed by atoms with Crippen molar-refractivity contribution in [2.75, 3.05) is 25.1 Å². The second-order valence-electron chi connectivity index (χ2n) is 7.97. The molecule has 0 atom stereocenters. The number of imidazole rings is 1. The molecule has 152 valence electrons. The standard InChI is InChI=1S/C22H23N7O/c1-14-19(15-11-26-28(13-15)16-4-8-30-9-5-16)10-21-25-12-20(29(21)27-14)17-2-6-23-22-18(17)3-7-24-22/h2,6,10-13,16H,3-5,7-9H2,1H3,(H,23,24). The molecule has 6 rings (SSSR count). The number of pyridine rings is 1. The molecule has 8 heteroatoms. The van der Waals surface area contributed by atoms with E-state index >= 15 is 0 Å². The van der Waals surface area contributed by atoms with E-state index in [0.717, 1.165) is 78.6 Å². The van der Waals surface area contributed by atoms with E-state index in [9.17, 15) is 0 Å². The Labute approximate surface area is 173 Å². The van der Waals surface area contributed by atoms with Gasteiger partial charge in [0, 0.05) is 54.4 Å². The molecule has 6 heterocycles. The summed E-state index contributed by atoms with van der Waals surface area (Å²) in [7, 11) is 0. The maximum Gasteiger partial charge on any atom is 0.154 e. The molecular weight excluding hydrogens is 378 g/mol. The first-order valence-electron chi connectivity index (χ1n) is 10.5. The van der Waals surface area contributed by atoms with Crippen molar-refractivity contribution in [2.24, 2.45) is 0 Å². The molecular formula is C22H23N7O. The lowest BCUT2D eigenvalue weighted by atomic mass is 10.1. The first-order chi connectivity index (χ1) is 14.8. The number of fused-ring (bicyclic) bond motifs is 2. The molecule has 0 aromatic carbocycles. The van der Waals surface area contributed by atoms with Gasteiger partial charge in [0.2, 0.25) is 0 Å². The Morgan fingerprint density at radius 3 is 2.93 bits per heavy atom. The first-order valence-corrected chi connectivity index (χ1v) is 10.5. The molecule has 0 radical (unpaired) electrons. The van der Waals surface area contributed by atoms with Crippen LogP contribution < -0.4 is 5.32 Å². The Morgan fingerprint density at radius 2 is 2.03 bits per heavy atom. The summed E-state index contributed by atoms with van der Waals surface area (Å²) < 4.78 is 9.49. The van der Waals surface area contributed by atoms with Crippen LogP contribution in [0.2, 0.25) is 0 Å². The average Bonchev–Trinajstić information content (AvgIpc) is 3.52. The van der Waals surface area contributed by atoms with Crippen LogP contribution in [0.4, 0.5) is 5.82 Å². The fourth-order valence-electron chi connectivity index (χ4n) is 4.55. The zero-order valence-corrected chi connectivity index (χ0v) is 16.9. The number of ether oxygens (including phenoxy) is 1. The van der Waals surface area contributed by atoms with E-state index in [1.165, 1.54) is 5.56 Å². The van der Waals surface area contributed by atoms with E-state index in [1.807, 2.05) is 30.0 Å². The normalized spacial score (nSPS) is 16.7. The largest absolute Gasteiger partial charge is 0.381 e. The van der Waals surface area contributed by atoms with E-state index in [1.54, 1.807) is 0 Å². The van der Waals surface area contributed by atoms with Crippen LogP contribution in [-0.2, 0) is 11.2 Å². The smallest absolute Gasteiger partial charge is 0.154 e. The number of nitrogens with one attached hydrogen (secondary N) is 1. The summed E-state index contributed by atoms with van der Waals surface area (Å²) in [6.45, 7) is 4.57. The van der Waals surface area contributed by atoms with Gasteiger partial charge in [0.05, 0.1) is 29.8 Å². The van der Waals surface area contributed by atoms with Gasteiger partial charge in [-0.3, -0.25) is 4.68 Å². The highest BCUT2D eigenvalue weighted by Crippen LogP contribution is 2.33. The highest BCUT2D eigenvalue weighted by atomic mass is 16.5. The molecule has 0 aliphatic carbocycles. The Balaban J connectivity index is 1.40. The van der Waals surface area contributed by atoms with Crippen molar-refractivity contribution in [1.29, 1.82) is 0 Å². The summed E-state index contributed by atoms with van der Waals surface area (Å²) >= 11 is 0. The quantitative estimate of drug-likeness (QED) is 0.567. The molecule has 0 bridgehead atoms. The maximum atomic E-state index is 5.48. The molecule has 4 aromatic rings. The molecule has 1 N–H and O–H groups in total. The van der Waals surface area contributed by atoms with Crippen molar-refractivity contribution < 1.29 is 4.74 Å². The molecule has 0 unspecified atom stereocenters. The van der Waals surface area contributed by atoms with Crippen molar-refractivity contribution in [1.82, 2.24) is 29.4 Å². The van der Waals surface area contributed by atoms with Crippen LogP contribution in [0.3, 0.4) is 0 Å². The Morgan fingerprint density at radius 1 is 1.13 bits per heavy atom. The van der Waals surface area contributed by atoms with Crippen LogP contribution in [0.1, 0.15) is 30.1 Å².